The molecule has 0 heterocycles. The molecule has 1 N–H and O–H groups in total. The fourth-order valence-corrected chi connectivity index (χ4v) is 2.41. The number of hydrogen-bond acceptors (Lipinski definition) is 1. The highest BCUT2D eigenvalue weighted by atomic mass is 79.9. The first-order chi connectivity index (χ1) is 9.11. The lowest BCUT2D eigenvalue weighted by molar-refractivity contribution is 0.102. The molecule has 0 atom stereocenters. The summed E-state index contributed by atoms with van der Waals surface area (Å²) in [6.45, 7) is 0. The van der Waals surface area contributed by atoms with Gasteiger partial charge in [0, 0.05) is 10.9 Å². The minimum atomic E-state index is -0.240. The van der Waals surface area contributed by atoms with Crippen molar-refractivity contribution in [2.45, 2.75) is 5.33 Å². The standard InChI is InChI=1S/C14H10BrCl2NO/c15-8-9-4-6-10(7-5-9)14(19)18-13-11(16)2-1-3-12(13)17/h1-7H,8H2,(H,18,19). The zero-order chi connectivity index (χ0) is 13.8. The molecule has 0 saturated heterocycles. The Balaban J connectivity index is 2.20. The second kappa shape index (κ2) is 6.42. The number of nitrogens with one attached hydrogen (secondary N) is 1. The molecule has 0 bridgehead atoms. The summed E-state index contributed by atoms with van der Waals surface area (Å²) in [5.74, 6) is -0.240. The minimum absolute atomic E-state index is 0.240. The summed E-state index contributed by atoms with van der Waals surface area (Å²) in [5.41, 5.74) is 2.09. The Kier molecular flexibility index (Phi) is 4.86. The first kappa shape index (κ1) is 14.4. The predicted molar refractivity (Wildman–Crippen MR) is 83.5 cm³/mol. The Morgan fingerprint density at radius 3 is 2.16 bits per heavy atom. The van der Waals surface area contributed by atoms with Crippen molar-refractivity contribution in [3.8, 4) is 0 Å². The average Bonchev–Trinajstić information content (AvgIpc) is 2.43. The van der Waals surface area contributed by atoms with E-state index in [-0.39, 0.29) is 5.91 Å². The normalized spacial score (nSPS) is 10.3. The number of amides is 1. The van der Waals surface area contributed by atoms with Crippen molar-refractivity contribution in [1.29, 1.82) is 0 Å². The van der Waals surface area contributed by atoms with Gasteiger partial charge in [-0.1, -0.05) is 57.3 Å². The van der Waals surface area contributed by atoms with Gasteiger partial charge in [0.15, 0.2) is 0 Å². The number of hydrogen-bond donors (Lipinski definition) is 1. The summed E-state index contributed by atoms with van der Waals surface area (Å²) in [5, 5.41) is 4.30. The second-order valence-corrected chi connectivity index (χ2v) is 5.26. The Labute approximate surface area is 129 Å². The fraction of sp³-hybridized carbons (Fsp3) is 0.0714. The van der Waals surface area contributed by atoms with Gasteiger partial charge in [0.1, 0.15) is 0 Å². The summed E-state index contributed by atoms with van der Waals surface area (Å²) in [4.78, 5) is 12.1. The van der Waals surface area contributed by atoms with Crippen molar-refractivity contribution in [3.05, 3.63) is 63.6 Å². The number of benzene rings is 2. The van der Waals surface area contributed by atoms with Crippen LogP contribution >= 0.6 is 39.1 Å². The molecular weight excluding hydrogens is 349 g/mol. The molecule has 0 aromatic heterocycles. The smallest absolute Gasteiger partial charge is 0.255 e. The largest absolute Gasteiger partial charge is 0.319 e. The van der Waals surface area contributed by atoms with E-state index in [2.05, 4.69) is 21.2 Å². The molecule has 0 radical (unpaired) electrons. The van der Waals surface area contributed by atoms with Gasteiger partial charge < -0.3 is 5.32 Å². The Bertz CT molecular complexity index is 579. The van der Waals surface area contributed by atoms with Crippen LogP contribution in [0.5, 0.6) is 0 Å². The zero-order valence-electron chi connectivity index (χ0n) is 9.79. The molecule has 0 spiro atoms. The summed E-state index contributed by atoms with van der Waals surface area (Å²) in [7, 11) is 0. The highest BCUT2D eigenvalue weighted by Crippen LogP contribution is 2.30. The van der Waals surface area contributed by atoms with Crippen LogP contribution < -0.4 is 5.32 Å². The Morgan fingerprint density at radius 1 is 1.05 bits per heavy atom. The number of carbonyl (C=O) groups excluding carboxylic acids is 1. The molecule has 2 rings (SSSR count). The van der Waals surface area contributed by atoms with Crippen LogP contribution in [0.25, 0.3) is 0 Å². The van der Waals surface area contributed by atoms with E-state index in [1.165, 1.54) is 0 Å². The summed E-state index contributed by atoms with van der Waals surface area (Å²) >= 11 is 15.4. The Hall–Kier alpha value is -1.03. The van der Waals surface area contributed by atoms with Crippen LogP contribution in [0.1, 0.15) is 15.9 Å². The van der Waals surface area contributed by atoms with Gasteiger partial charge in [-0.25, -0.2) is 0 Å². The van der Waals surface area contributed by atoms with E-state index in [4.69, 9.17) is 23.2 Å². The highest BCUT2D eigenvalue weighted by molar-refractivity contribution is 9.08. The molecule has 0 unspecified atom stereocenters. The van der Waals surface area contributed by atoms with Crippen molar-refractivity contribution >= 4 is 50.7 Å². The van der Waals surface area contributed by atoms with Crippen LogP contribution in [0, 0.1) is 0 Å². The molecule has 0 aliphatic rings. The van der Waals surface area contributed by atoms with Crippen molar-refractivity contribution < 1.29 is 4.79 Å². The lowest BCUT2D eigenvalue weighted by Crippen LogP contribution is -2.12. The highest BCUT2D eigenvalue weighted by Gasteiger charge is 2.11. The van der Waals surface area contributed by atoms with Gasteiger partial charge in [-0.05, 0) is 29.8 Å². The van der Waals surface area contributed by atoms with Crippen LogP contribution in [0.4, 0.5) is 5.69 Å². The summed E-state index contributed by atoms with van der Waals surface area (Å²) < 4.78 is 0. The Morgan fingerprint density at radius 2 is 1.63 bits per heavy atom. The van der Waals surface area contributed by atoms with Crippen LogP contribution in [-0.4, -0.2) is 5.91 Å². The van der Waals surface area contributed by atoms with E-state index in [9.17, 15) is 4.79 Å². The van der Waals surface area contributed by atoms with Crippen molar-refractivity contribution in [2.75, 3.05) is 5.32 Å². The van der Waals surface area contributed by atoms with Crippen molar-refractivity contribution in [3.63, 3.8) is 0 Å². The lowest BCUT2D eigenvalue weighted by atomic mass is 10.1. The monoisotopic (exact) mass is 357 g/mol. The molecule has 2 aromatic rings. The number of rotatable bonds is 3. The third kappa shape index (κ3) is 3.50. The number of anilines is 1. The maximum absolute atomic E-state index is 12.1. The van der Waals surface area contributed by atoms with Gasteiger partial charge in [0.2, 0.25) is 0 Å². The number of alkyl halides is 1. The van der Waals surface area contributed by atoms with E-state index in [0.29, 0.717) is 21.3 Å². The molecule has 1 amide bonds. The third-order valence-electron chi connectivity index (χ3n) is 2.57. The fourth-order valence-electron chi connectivity index (χ4n) is 1.55. The minimum Gasteiger partial charge on any atom is -0.319 e. The molecule has 0 saturated carbocycles. The molecular formula is C14H10BrCl2NO. The van der Waals surface area contributed by atoms with Crippen LogP contribution in [-0.2, 0) is 5.33 Å². The van der Waals surface area contributed by atoms with Gasteiger partial charge in [0.05, 0.1) is 15.7 Å². The van der Waals surface area contributed by atoms with Gasteiger partial charge in [-0.2, -0.15) is 0 Å². The molecule has 5 heteroatoms. The van der Waals surface area contributed by atoms with E-state index >= 15 is 0 Å². The molecule has 0 fully saturated rings. The second-order valence-electron chi connectivity index (χ2n) is 3.88. The van der Waals surface area contributed by atoms with E-state index in [1.807, 2.05) is 12.1 Å². The topological polar surface area (TPSA) is 29.1 Å². The first-order valence-electron chi connectivity index (χ1n) is 5.52. The molecule has 19 heavy (non-hydrogen) atoms. The van der Waals surface area contributed by atoms with Crippen LogP contribution in [0.2, 0.25) is 10.0 Å². The number of carbonyl (C=O) groups is 1. The molecule has 98 valence electrons. The van der Waals surface area contributed by atoms with E-state index in [1.54, 1.807) is 30.3 Å². The van der Waals surface area contributed by atoms with Crippen molar-refractivity contribution in [2.24, 2.45) is 0 Å². The predicted octanol–water partition coefficient (Wildman–Crippen LogP) is 5.14. The van der Waals surface area contributed by atoms with Gasteiger partial charge in [-0.15, -0.1) is 0 Å². The zero-order valence-corrected chi connectivity index (χ0v) is 12.9. The quantitative estimate of drug-likeness (QED) is 0.756. The summed E-state index contributed by atoms with van der Waals surface area (Å²) in [6.07, 6.45) is 0. The average molecular weight is 359 g/mol. The van der Waals surface area contributed by atoms with Crippen LogP contribution in [0.15, 0.2) is 42.5 Å². The van der Waals surface area contributed by atoms with E-state index in [0.717, 1.165) is 10.9 Å². The third-order valence-corrected chi connectivity index (χ3v) is 3.85. The van der Waals surface area contributed by atoms with Gasteiger partial charge in [-0.3, -0.25) is 4.79 Å². The molecule has 0 aliphatic carbocycles. The van der Waals surface area contributed by atoms with Crippen molar-refractivity contribution in [1.82, 2.24) is 0 Å². The lowest BCUT2D eigenvalue weighted by Gasteiger charge is -2.09. The number of para-hydroxylation sites is 1. The SMILES string of the molecule is O=C(Nc1c(Cl)cccc1Cl)c1ccc(CBr)cc1. The first-order valence-corrected chi connectivity index (χ1v) is 7.40. The van der Waals surface area contributed by atoms with E-state index < -0.39 is 0 Å². The maximum atomic E-state index is 12.1. The molecule has 2 nitrogen and oxygen atoms in total. The number of halogens is 3. The molecule has 2 aromatic carbocycles. The van der Waals surface area contributed by atoms with Gasteiger partial charge >= 0.3 is 0 Å². The maximum Gasteiger partial charge on any atom is 0.255 e. The van der Waals surface area contributed by atoms with Gasteiger partial charge in [0.25, 0.3) is 5.91 Å². The van der Waals surface area contributed by atoms with Crippen LogP contribution in [0.3, 0.4) is 0 Å². The summed E-state index contributed by atoms with van der Waals surface area (Å²) in [6, 6.07) is 12.4. The molecule has 0 aliphatic heterocycles.